The quantitative estimate of drug-likeness (QED) is 0.789. The van der Waals surface area contributed by atoms with E-state index in [2.05, 4.69) is 12.2 Å². The van der Waals surface area contributed by atoms with Gasteiger partial charge in [0.25, 0.3) is 0 Å². The summed E-state index contributed by atoms with van der Waals surface area (Å²) in [5, 5.41) is 11.6. The van der Waals surface area contributed by atoms with Gasteiger partial charge in [-0.1, -0.05) is 25.5 Å². The summed E-state index contributed by atoms with van der Waals surface area (Å²) in [6.07, 6.45) is 3.16. The van der Waals surface area contributed by atoms with Crippen molar-refractivity contribution < 1.29 is 19.4 Å². The summed E-state index contributed by atoms with van der Waals surface area (Å²) in [7, 11) is 0. The number of hydrogen-bond acceptors (Lipinski definition) is 3. The molecule has 1 aromatic rings. The molecule has 0 saturated carbocycles. The molecular weight excluding hydrogens is 296 g/mol. The van der Waals surface area contributed by atoms with Gasteiger partial charge in [0.1, 0.15) is 5.75 Å². The molecule has 6 heteroatoms. The van der Waals surface area contributed by atoms with Gasteiger partial charge in [0, 0.05) is 13.1 Å². The van der Waals surface area contributed by atoms with Gasteiger partial charge in [-0.15, -0.1) is 0 Å². The molecule has 0 bridgehead atoms. The number of hydrogen-bond donors (Lipinski definition) is 2. The highest BCUT2D eigenvalue weighted by molar-refractivity contribution is 5.75. The Morgan fingerprint density at radius 2 is 1.91 bits per heavy atom. The molecule has 0 unspecified atom stereocenters. The maximum atomic E-state index is 12.0. The summed E-state index contributed by atoms with van der Waals surface area (Å²) >= 11 is 0. The number of aliphatic carboxylic acids is 1. The third kappa shape index (κ3) is 5.16. The van der Waals surface area contributed by atoms with Crippen molar-refractivity contribution in [2.45, 2.75) is 32.6 Å². The summed E-state index contributed by atoms with van der Waals surface area (Å²) in [6.45, 7) is 3.17. The number of nitrogens with zero attached hydrogens (tertiary/aromatic N) is 1. The van der Waals surface area contributed by atoms with Gasteiger partial charge in [-0.2, -0.15) is 0 Å². The molecule has 2 N–H and O–H groups in total. The van der Waals surface area contributed by atoms with Gasteiger partial charge in [0.05, 0.1) is 5.92 Å². The minimum atomic E-state index is -0.778. The summed E-state index contributed by atoms with van der Waals surface area (Å²) in [4.78, 5) is 24.5. The van der Waals surface area contributed by atoms with E-state index in [0.29, 0.717) is 25.9 Å². The van der Waals surface area contributed by atoms with E-state index < -0.39 is 5.97 Å². The fourth-order valence-electron chi connectivity index (χ4n) is 2.66. The number of ether oxygens (including phenoxy) is 1. The minimum Gasteiger partial charge on any atom is -0.481 e. The molecule has 2 amide bonds. The average Bonchev–Trinajstić information content (AvgIpc) is 2.56. The number of aryl methyl sites for hydroxylation is 1. The number of likely N-dealkylation sites (tertiary alicyclic amines) is 1. The van der Waals surface area contributed by atoms with Crippen molar-refractivity contribution in [2.75, 3.05) is 19.8 Å². The second-order valence-corrected chi connectivity index (χ2v) is 5.76. The third-order valence-electron chi connectivity index (χ3n) is 4.06. The number of carboxylic acids is 1. The number of rotatable bonds is 6. The van der Waals surface area contributed by atoms with E-state index in [1.807, 2.05) is 24.3 Å². The van der Waals surface area contributed by atoms with Crippen LogP contribution in [-0.2, 0) is 11.2 Å². The van der Waals surface area contributed by atoms with Crippen LogP contribution in [0.2, 0.25) is 0 Å². The highest BCUT2D eigenvalue weighted by Crippen LogP contribution is 2.17. The Kier molecular flexibility index (Phi) is 6.26. The number of benzene rings is 1. The number of carbonyl (C=O) groups is 2. The SMILES string of the molecule is CCCc1ccc(OCNC(=O)N2CCC(C(=O)O)CC2)cc1. The van der Waals surface area contributed by atoms with E-state index in [1.165, 1.54) is 5.56 Å². The van der Waals surface area contributed by atoms with Crippen molar-refractivity contribution in [2.24, 2.45) is 5.92 Å². The molecule has 2 rings (SSSR count). The molecule has 1 fully saturated rings. The zero-order valence-corrected chi connectivity index (χ0v) is 13.5. The Balaban J connectivity index is 1.69. The van der Waals surface area contributed by atoms with Gasteiger partial charge >= 0.3 is 12.0 Å². The Bertz CT molecular complexity index is 522. The molecule has 23 heavy (non-hydrogen) atoms. The maximum absolute atomic E-state index is 12.0. The smallest absolute Gasteiger partial charge is 0.320 e. The van der Waals surface area contributed by atoms with Crippen molar-refractivity contribution in [3.05, 3.63) is 29.8 Å². The number of carbonyl (C=O) groups excluding carboxylic acids is 1. The van der Waals surface area contributed by atoms with Crippen LogP contribution in [0, 0.1) is 5.92 Å². The predicted molar refractivity (Wildman–Crippen MR) is 86.4 cm³/mol. The Hall–Kier alpha value is -2.24. The molecule has 1 aliphatic heterocycles. The largest absolute Gasteiger partial charge is 0.481 e. The number of nitrogens with one attached hydrogen (secondary N) is 1. The van der Waals surface area contributed by atoms with E-state index in [-0.39, 0.29) is 18.7 Å². The highest BCUT2D eigenvalue weighted by Gasteiger charge is 2.26. The second kappa shape index (κ2) is 8.41. The van der Waals surface area contributed by atoms with Gasteiger partial charge in [-0.05, 0) is 37.0 Å². The summed E-state index contributed by atoms with van der Waals surface area (Å²) in [5.41, 5.74) is 1.27. The lowest BCUT2D eigenvalue weighted by atomic mass is 9.97. The summed E-state index contributed by atoms with van der Waals surface area (Å²) in [6, 6.07) is 7.64. The number of carboxylic acid groups (broad SMARTS) is 1. The molecule has 1 saturated heterocycles. The standard InChI is InChI=1S/C17H24N2O4/c1-2-3-13-4-6-15(7-5-13)23-12-18-17(22)19-10-8-14(9-11-19)16(20)21/h4-7,14H,2-3,8-12H2,1H3,(H,18,22)(H,20,21). The Morgan fingerprint density at radius 3 is 2.48 bits per heavy atom. The summed E-state index contributed by atoms with van der Waals surface area (Å²) in [5.74, 6) is -0.397. The summed E-state index contributed by atoms with van der Waals surface area (Å²) < 4.78 is 5.51. The fraction of sp³-hybridized carbons (Fsp3) is 0.529. The van der Waals surface area contributed by atoms with Crippen molar-refractivity contribution in [3.63, 3.8) is 0 Å². The van der Waals surface area contributed by atoms with Crippen LogP contribution in [0.5, 0.6) is 5.75 Å². The first-order valence-electron chi connectivity index (χ1n) is 8.07. The van der Waals surface area contributed by atoms with Gasteiger partial charge in [0.2, 0.25) is 0 Å². The monoisotopic (exact) mass is 320 g/mol. The molecule has 6 nitrogen and oxygen atoms in total. The molecule has 0 aromatic heterocycles. The van der Waals surface area contributed by atoms with Crippen LogP contribution in [0.3, 0.4) is 0 Å². The van der Waals surface area contributed by atoms with Crippen LogP contribution in [0.15, 0.2) is 24.3 Å². The Morgan fingerprint density at radius 1 is 1.26 bits per heavy atom. The van der Waals surface area contributed by atoms with E-state index in [0.717, 1.165) is 18.6 Å². The second-order valence-electron chi connectivity index (χ2n) is 5.76. The van der Waals surface area contributed by atoms with Crippen molar-refractivity contribution in [3.8, 4) is 5.75 Å². The molecule has 1 aromatic carbocycles. The first-order chi connectivity index (χ1) is 11.1. The number of amides is 2. The molecule has 0 spiro atoms. The van der Waals surface area contributed by atoms with E-state index in [9.17, 15) is 9.59 Å². The molecule has 0 aliphatic carbocycles. The maximum Gasteiger partial charge on any atom is 0.320 e. The zero-order chi connectivity index (χ0) is 16.7. The zero-order valence-electron chi connectivity index (χ0n) is 13.5. The van der Waals surface area contributed by atoms with Crippen LogP contribution in [0.1, 0.15) is 31.7 Å². The van der Waals surface area contributed by atoms with Crippen LogP contribution >= 0.6 is 0 Å². The van der Waals surface area contributed by atoms with Crippen molar-refractivity contribution in [1.82, 2.24) is 10.2 Å². The number of urea groups is 1. The number of piperidine rings is 1. The molecular formula is C17H24N2O4. The lowest BCUT2D eigenvalue weighted by Crippen LogP contribution is -2.46. The van der Waals surface area contributed by atoms with Crippen molar-refractivity contribution in [1.29, 1.82) is 0 Å². The van der Waals surface area contributed by atoms with Crippen LogP contribution in [0.4, 0.5) is 4.79 Å². The van der Waals surface area contributed by atoms with E-state index >= 15 is 0 Å². The molecule has 126 valence electrons. The van der Waals surface area contributed by atoms with Crippen LogP contribution in [-0.4, -0.2) is 41.8 Å². The van der Waals surface area contributed by atoms with Crippen molar-refractivity contribution >= 4 is 12.0 Å². The lowest BCUT2D eigenvalue weighted by molar-refractivity contribution is -0.143. The lowest BCUT2D eigenvalue weighted by Gasteiger charge is -2.30. The topological polar surface area (TPSA) is 78.9 Å². The minimum absolute atomic E-state index is 0.102. The van der Waals surface area contributed by atoms with Crippen LogP contribution < -0.4 is 10.1 Å². The molecule has 1 heterocycles. The van der Waals surface area contributed by atoms with Gasteiger partial charge in [-0.25, -0.2) is 4.79 Å². The molecule has 0 radical (unpaired) electrons. The predicted octanol–water partition coefficient (Wildman–Crippen LogP) is 2.48. The molecule has 0 atom stereocenters. The van der Waals surface area contributed by atoms with E-state index in [4.69, 9.17) is 9.84 Å². The van der Waals surface area contributed by atoms with Gasteiger partial charge in [0.15, 0.2) is 6.73 Å². The van der Waals surface area contributed by atoms with E-state index in [1.54, 1.807) is 4.90 Å². The van der Waals surface area contributed by atoms with Gasteiger partial charge < -0.3 is 20.1 Å². The Labute approximate surface area is 136 Å². The van der Waals surface area contributed by atoms with Gasteiger partial charge in [-0.3, -0.25) is 4.79 Å². The fourth-order valence-corrected chi connectivity index (χ4v) is 2.66. The normalized spacial score (nSPS) is 15.3. The third-order valence-corrected chi connectivity index (χ3v) is 4.06. The first-order valence-corrected chi connectivity index (χ1v) is 8.07. The first kappa shape index (κ1) is 17.1. The molecule has 1 aliphatic rings. The highest BCUT2D eigenvalue weighted by atomic mass is 16.5. The average molecular weight is 320 g/mol. The van der Waals surface area contributed by atoms with Crippen LogP contribution in [0.25, 0.3) is 0 Å².